The Balaban J connectivity index is 1.99. The Hall–Kier alpha value is -1.06. The summed E-state index contributed by atoms with van der Waals surface area (Å²) in [5, 5.41) is 0. The maximum absolute atomic E-state index is 6.28. The van der Waals surface area contributed by atoms with Gasteiger partial charge in [0.05, 0.1) is 18.8 Å². The molecular weight excluding hydrogens is 226 g/mol. The average Bonchev–Trinajstić information content (AvgIpc) is 3.22. The number of benzene rings is 1. The lowest BCUT2D eigenvalue weighted by atomic mass is 9.99. The van der Waals surface area contributed by atoms with Gasteiger partial charge >= 0.3 is 0 Å². The molecular formula is C15H23NO2. The van der Waals surface area contributed by atoms with E-state index < -0.39 is 0 Å². The average molecular weight is 249 g/mol. The predicted octanol–water partition coefficient (Wildman–Crippen LogP) is 2.90. The van der Waals surface area contributed by atoms with Crippen LogP contribution < -0.4 is 10.5 Å². The van der Waals surface area contributed by atoms with Gasteiger partial charge in [-0.1, -0.05) is 19.1 Å². The smallest absolute Gasteiger partial charge is 0.119 e. The van der Waals surface area contributed by atoms with Crippen LogP contribution in [0.1, 0.15) is 37.8 Å². The van der Waals surface area contributed by atoms with E-state index in [4.69, 9.17) is 15.2 Å². The number of rotatable bonds is 7. The Morgan fingerprint density at radius 2 is 1.94 bits per heavy atom. The molecule has 0 amide bonds. The summed E-state index contributed by atoms with van der Waals surface area (Å²) in [7, 11) is 1.75. The Kier molecular flexibility index (Phi) is 4.61. The third-order valence-corrected chi connectivity index (χ3v) is 3.45. The van der Waals surface area contributed by atoms with Crippen molar-refractivity contribution in [1.29, 1.82) is 0 Å². The fourth-order valence-electron chi connectivity index (χ4n) is 2.25. The van der Waals surface area contributed by atoms with E-state index in [9.17, 15) is 0 Å². The van der Waals surface area contributed by atoms with Gasteiger partial charge in [0.25, 0.3) is 0 Å². The largest absolute Gasteiger partial charge is 0.494 e. The summed E-state index contributed by atoms with van der Waals surface area (Å²) in [6.07, 6.45) is 3.65. The van der Waals surface area contributed by atoms with Gasteiger partial charge in [0.2, 0.25) is 0 Å². The van der Waals surface area contributed by atoms with Crippen LogP contribution in [0.2, 0.25) is 0 Å². The normalized spacial score (nSPS) is 18.4. The molecule has 1 fully saturated rings. The first-order valence-electron chi connectivity index (χ1n) is 6.77. The van der Waals surface area contributed by atoms with Gasteiger partial charge in [-0.3, -0.25) is 0 Å². The molecule has 2 N–H and O–H groups in total. The molecule has 1 aliphatic carbocycles. The summed E-state index contributed by atoms with van der Waals surface area (Å²) in [5.74, 6) is 1.55. The van der Waals surface area contributed by atoms with Crippen molar-refractivity contribution in [1.82, 2.24) is 0 Å². The summed E-state index contributed by atoms with van der Waals surface area (Å²) in [4.78, 5) is 0. The van der Waals surface area contributed by atoms with E-state index >= 15 is 0 Å². The maximum Gasteiger partial charge on any atom is 0.119 e. The van der Waals surface area contributed by atoms with Crippen LogP contribution in [-0.2, 0) is 4.74 Å². The molecule has 0 radical (unpaired) electrons. The van der Waals surface area contributed by atoms with Crippen molar-refractivity contribution in [3.8, 4) is 5.75 Å². The lowest BCUT2D eigenvalue weighted by molar-refractivity contribution is 0.0624. The van der Waals surface area contributed by atoms with Gasteiger partial charge in [0.1, 0.15) is 5.75 Å². The minimum absolute atomic E-state index is 0.0391. The molecule has 0 bridgehead atoms. The second-order valence-corrected chi connectivity index (χ2v) is 4.98. The predicted molar refractivity (Wildman–Crippen MR) is 72.7 cm³/mol. The summed E-state index contributed by atoms with van der Waals surface area (Å²) < 4.78 is 11.1. The number of hydrogen-bond acceptors (Lipinski definition) is 3. The van der Waals surface area contributed by atoms with Gasteiger partial charge in [-0.2, -0.15) is 0 Å². The zero-order chi connectivity index (χ0) is 13.0. The topological polar surface area (TPSA) is 44.5 Å². The maximum atomic E-state index is 6.28. The van der Waals surface area contributed by atoms with Crippen molar-refractivity contribution >= 4 is 0 Å². The highest BCUT2D eigenvalue weighted by Crippen LogP contribution is 2.39. The van der Waals surface area contributed by atoms with Crippen LogP contribution >= 0.6 is 0 Å². The molecule has 1 aliphatic rings. The van der Waals surface area contributed by atoms with Crippen LogP contribution in [0.4, 0.5) is 0 Å². The molecule has 0 aliphatic heterocycles. The molecule has 0 spiro atoms. The van der Waals surface area contributed by atoms with Gasteiger partial charge in [0, 0.05) is 7.11 Å². The molecule has 100 valence electrons. The van der Waals surface area contributed by atoms with Crippen LogP contribution in [0.25, 0.3) is 0 Å². The van der Waals surface area contributed by atoms with E-state index in [0.717, 1.165) is 24.3 Å². The Morgan fingerprint density at radius 3 is 2.44 bits per heavy atom. The fourth-order valence-corrected chi connectivity index (χ4v) is 2.25. The summed E-state index contributed by atoms with van der Waals surface area (Å²) >= 11 is 0. The van der Waals surface area contributed by atoms with Crippen LogP contribution in [0, 0.1) is 5.92 Å². The summed E-state index contributed by atoms with van der Waals surface area (Å²) in [6.45, 7) is 2.86. The summed E-state index contributed by atoms with van der Waals surface area (Å²) in [6, 6.07) is 8.03. The first-order valence-corrected chi connectivity index (χ1v) is 6.77. The van der Waals surface area contributed by atoms with Crippen LogP contribution in [-0.4, -0.2) is 19.8 Å². The number of hydrogen-bond donors (Lipinski definition) is 1. The molecule has 2 rings (SSSR count). The Morgan fingerprint density at radius 1 is 1.28 bits per heavy atom. The van der Waals surface area contributed by atoms with Crippen LogP contribution in [0.3, 0.4) is 0 Å². The van der Waals surface area contributed by atoms with E-state index in [1.165, 1.54) is 12.8 Å². The van der Waals surface area contributed by atoms with Crippen LogP contribution in [0.15, 0.2) is 24.3 Å². The Bertz CT molecular complexity index is 359. The fraction of sp³-hybridized carbons (Fsp3) is 0.600. The molecule has 0 aromatic heterocycles. The van der Waals surface area contributed by atoms with Gasteiger partial charge in [-0.25, -0.2) is 0 Å². The third-order valence-electron chi connectivity index (χ3n) is 3.45. The first-order chi connectivity index (χ1) is 8.76. The zero-order valence-corrected chi connectivity index (χ0v) is 11.3. The van der Waals surface area contributed by atoms with Gasteiger partial charge in [-0.05, 0) is 42.9 Å². The molecule has 2 atom stereocenters. The molecule has 3 heteroatoms. The SMILES string of the molecule is CCCOc1ccc(C(N)C(OC)C2CC2)cc1. The highest BCUT2D eigenvalue weighted by Gasteiger charge is 2.35. The summed E-state index contributed by atoms with van der Waals surface area (Å²) in [5.41, 5.74) is 7.40. The van der Waals surface area contributed by atoms with Crippen molar-refractivity contribution in [2.75, 3.05) is 13.7 Å². The molecule has 18 heavy (non-hydrogen) atoms. The van der Waals surface area contributed by atoms with Crippen LogP contribution in [0.5, 0.6) is 5.75 Å². The van der Waals surface area contributed by atoms with Gasteiger partial charge < -0.3 is 15.2 Å². The third kappa shape index (κ3) is 3.24. The lowest BCUT2D eigenvalue weighted by Crippen LogP contribution is -2.29. The van der Waals surface area contributed by atoms with E-state index in [1.54, 1.807) is 7.11 Å². The number of methoxy groups -OCH3 is 1. The molecule has 3 nitrogen and oxygen atoms in total. The van der Waals surface area contributed by atoms with E-state index in [-0.39, 0.29) is 12.1 Å². The molecule has 1 aromatic carbocycles. The minimum Gasteiger partial charge on any atom is -0.494 e. The first kappa shape index (κ1) is 13.4. The van der Waals surface area contributed by atoms with Crippen molar-refractivity contribution in [2.45, 2.75) is 38.3 Å². The molecule has 1 saturated carbocycles. The lowest BCUT2D eigenvalue weighted by Gasteiger charge is -2.22. The highest BCUT2D eigenvalue weighted by atomic mass is 16.5. The van der Waals surface area contributed by atoms with Gasteiger partial charge in [-0.15, -0.1) is 0 Å². The van der Waals surface area contributed by atoms with E-state index in [1.807, 2.05) is 24.3 Å². The quantitative estimate of drug-likeness (QED) is 0.808. The van der Waals surface area contributed by atoms with Crippen molar-refractivity contribution in [3.05, 3.63) is 29.8 Å². The van der Waals surface area contributed by atoms with E-state index in [0.29, 0.717) is 5.92 Å². The second kappa shape index (κ2) is 6.21. The number of ether oxygens (including phenoxy) is 2. The van der Waals surface area contributed by atoms with Crippen molar-refractivity contribution in [2.24, 2.45) is 11.7 Å². The molecule has 1 aromatic rings. The zero-order valence-electron chi connectivity index (χ0n) is 11.3. The molecule has 0 heterocycles. The molecule has 0 saturated heterocycles. The Labute approximate surface area is 109 Å². The van der Waals surface area contributed by atoms with Crippen molar-refractivity contribution in [3.63, 3.8) is 0 Å². The van der Waals surface area contributed by atoms with E-state index in [2.05, 4.69) is 6.92 Å². The minimum atomic E-state index is -0.0391. The van der Waals surface area contributed by atoms with Gasteiger partial charge in [0.15, 0.2) is 0 Å². The molecule has 2 unspecified atom stereocenters. The van der Waals surface area contributed by atoms with Crippen molar-refractivity contribution < 1.29 is 9.47 Å². The number of nitrogens with two attached hydrogens (primary N) is 1. The monoisotopic (exact) mass is 249 g/mol. The highest BCUT2D eigenvalue weighted by molar-refractivity contribution is 5.29. The standard InChI is InChI=1S/C15H23NO2/c1-3-10-18-13-8-6-11(7-9-13)14(16)15(17-2)12-4-5-12/h6-9,12,14-15H,3-5,10,16H2,1-2H3. The second-order valence-electron chi connectivity index (χ2n) is 4.98.